The third-order valence-corrected chi connectivity index (χ3v) is 3.60. The SMILES string of the molecule is CC(C)(CNC(=O)c1csc(Br)c1)C(=O)O. The number of rotatable bonds is 4. The third kappa shape index (κ3) is 3.31. The predicted octanol–water partition coefficient (Wildman–Crippen LogP) is 2.35. The van der Waals surface area contributed by atoms with Crippen molar-refractivity contribution in [3.05, 3.63) is 20.8 Å². The molecule has 0 aliphatic rings. The highest BCUT2D eigenvalue weighted by atomic mass is 79.9. The van der Waals surface area contributed by atoms with E-state index in [1.54, 1.807) is 25.3 Å². The molecule has 0 fully saturated rings. The zero-order valence-electron chi connectivity index (χ0n) is 8.91. The van der Waals surface area contributed by atoms with Crippen LogP contribution in [-0.4, -0.2) is 23.5 Å². The first kappa shape index (κ1) is 13.2. The molecule has 0 spiro atoms. The molecule has 0 bridgehead atoms. The molecule has 0 aliphatic heterocycles. The minimum absolute atomic E-state index is 0.106. The van der Waals surface area contributed by atoms with Gasteiger partial charge in [-0.1, -0.05) is 0 Å². The third-order valence-electron chi connectivity index (χ3n) is 2.10. The first-order chi connectivity index (χ1) is 7.33. The van der Waals surface area contributed by atoms with Crippen LogP contribution in [0.15, 0.2) is 15.2 Å². The number of carbonyl (C=O) groups is 2. The van der Waals surface area contributed by atoms with Crippen molar-refractivity contribution in [2.24, 2.45) is 5.41 Å². The molecule has 16 heavy (non-hydrogen) atoms. The van der Waals surface area contributed by atoms with Crippen molar-refractivity contribution in [1.29, 1.82) is 0 Å². The topological polar surface area (TPSA) is 66.4 Å². The summed E-state index contributed by atoms with van der Waals surface area (Å²) in [7, 11) is 0. The number of halogens is 1. The van der Waals surface area contributed by atoms with Gasteiger partial charge < -0.3 is 10.4 Å². The first-order valence-corrected chi connectivity index (χ1v) is 6.26. The summed E-state index contributed by atoms with van der Waals surface area (Å²) in [6.45, 7) is 3.24. The van der Waals surface area contributed by atoms with Crippen LogP contribution in [0.25, 0.3) is 0 Å². The van der Waals surface area contributed by atoms with Gasteiger partial charge in [0.1, 0.15) is 0 Å². The molecule has 0 unspecified atom stereocenters. The van der Waals surface area contributed by atoms with Crippen molar-refractivity contribution in [2.45, 2.75) is 13.8 Å². The van der Waals surface area contributed by atoms with Gasteiger partial charge in [-0.2, -0.15) is 0 Å². The molecule has 1 amide bonds. The van der Waals surface area contributed by atoms with Gasteiger partial charge in [-0.25, -0.2) is 0 Å². The fraction of sp³-hybridized carbons (Fsp3) is 0.400. The van der Waals surface area contributed by atoms with Gasteiger partial charge in [-0.05, 0) is 35.8 Å². The van der Waals surface area contributed by atoms with E-state index in [1.807, 2.05) is 0 Å². The highest BCUT2D eigenvalue weighted by Crippen LogP contribution is 2.21. The molecule has 0 aliphatic carbocycles. The van der Waals surface area contributed by atoms with Crippen molar-refractivity contribution in [3.8, 4) is 0 Å². The van der Waals surface area contributed by atoms with Crippen LogP contribution in [0.3, 0.4) is 0 Å². The summed E-state index contributed by atoms with van der Waals surface area (Å²) < 4.78 is 0.871. The molecular formula is C10H12BrNO3S. The minimum Gasteiger partial charge on any atom is -0.481 e. The summed E-state index contributed by atoms with van der Waals surface area (Å²) in [6.07, 6.45) is 0. The average Bonchev–Trinajstić information content (AvgIpc) is 2.61. The second-order valence-corrected chi connectivity index (χ2v) is 6.30. The number of nitrogens with one attached hydrogen (secondary N) is 1. The van der Waals surface area contributed by atoms with Gasteiger partial charge in [-0.15, -0.1) is 11.3 Å². The van der Waals surface area contributed by atoms with Crippen LogP contribution in [-0.2, 0) is 4.79 Å². The van der Waals surface area contributed by atoms with E-state index in [4.69, 9.17) is 5.11 Å². The minimum atomic E-state index is -0.955. The second-order valence-electron chi connectivity index (χ2n) is 4.01. The Morgan fingerprint density at radius 3 is 2.62 bits per heavy atom. The summed E-state index contributed by atoms with van der Waals surface area (Å²) in [5, 5.41) is 13.2. The van der Waals surface area contributed by atoms with Crippen LogP contribution in [0.4, 0.5) is 0 Å². The summed E-state index contributed by atoms with van der Waals surface area (Å²) in [4.78, 5) is 22.4. The highest BCUT2D eigenvalue weighted by molar-refractivity contribution is 9.11. The van der Waals surface area contributed by atoms with E-state index >= 15 is 0 Å². The number of carbonyl (C=O) groups excluding carboxylic acids is 1. The fourth-order valence-electron chi connectivity index (χ4n) is 0.908. The molecule has 1 aromatic heterocycles. The number of hydrogen-bond donors (Lipinski definition) is 2. The van der Waals surface area contributed by atoms with Crippen LogP contribution in [0.1, 0.15) is 24.2 Å². The molecule has 1 rings (SSSR count). The second kappa shape index (κ2) is 4.97. The lowest BCUT2D eigenvalue weighted by atomic mass is 9.94. The van der Waals surface area contributed by atoms with Crippen molar-refractivity contribution in [3.63, 3.8) is 0 Å². The molecule has 0 aromatic carbocycles. The molecule has 0 saturated carbocycles. The van der Waals surface area contributed by atoms with E-state index in [2.05, 4.69) is 21.2 Å². The molecule has 0 atom stereocenters. The van der Waals surface area contributed by atoms with Crippen LogP contribution in [0.5, 0.6) is 0 Å². The van der Waals surface area contributed by atoms with Crippen LogP contribution >= 0.6 is 27.3 Å². The van der Waals surface area contributed by atoms with Gasteiger partial charge >= 0.3 is 5.97 Å². The number of hydrogen-bond acceptors (Lipinski definition) is 3. The Kier molecular flexibility index (Phi) is 4.09. The lowest BCUT2D eigenvalue weighted by Gasteiger charge is -2.19. The van der Waals surface area contributed by atoms with Crippen molar-refractivity contribution < 1.29 is 14.7 Å². The largest absolute Gasteiger partial charge is 0.481 e. The smallest absolute Gasteiger partial charge is 0.310 e. The van der Waals surface area contributed by atoms with E-state index < -0.39 is 11.4 Å². The Labute approximate surface area is 106 Å². The monoisotopic (exact) mass is 305 g/mol. The van der Waals surface area contributed by atoms with Gasteiger partial charge in [0.2, 0.25) is 0 Å². The molecule has 2 N–H and O–H groups in total. The standard InChI is InChI=1S/C10H12BrNO3S/c1-10(2,9(14)15)5-12-8(13)6-3-7(11)16-4-6/h3-4H,5H2,1-2H3,(H,12,13)(H,14,15). The van der Waals surface area contributed by atoms with Crippen LogP contribution < -0.4 is 5.32 Å². The molecule has 0 radical (unpaired) electrons. The molecule has 1 aromatic rings. The lowest BCUT2D eigenvalue weighted by Crippen LogP contribution is -2.38. The Hall–Kier alpha value is -0.880. The first-order valence-electron chi connectivity index (χ1n) is 4.58. The van der Waals surface area contributed by atoms with Gasteiger partial charge in [0, 0.05) is 11.9 Å². The van der Waals surface area contributed by atoms with Gasteiger partial charge in [0.05, 0.1) is 14.8 Å². The number of amides is 1. The fourth-order valence-corrected chi connectivity index (χ4v) is 2.04. The van der Waals surface area contributed by atoms with Crippen LogP contribution in [0, 0.1) is 5.41 Å². The molecule has 1 heterocycles. The number of aliphatic carboxylic acids is 1. The summed E-state index contributed by atoms with van der Waals surface area (Å²) in [5.74, 6) is -1.18. The summed E-state index contributed by atoms with van der Waals surface area (Å²) in [5.41, 5.74) is -0.416. The normalized spacial score (nSPS) is 11.2. The zero-order chi connectivity index (χ0) is 12.3. The molecule has 0 saturated heterocycles. The Morgan fingerprint density at radius 2 is 2.19 bits per heavy atom. The van der Waals surface area contributed by atoms with E-state index in [1.165, 1.54) is 11.3 Å². The van der Waals surface area contributed by atoms with Crippen molar-refractivity contribution >= 4 is 39.1 Å². The number of carboxylic acids is 1. The number of carboxylic acid groups (broad SMARTS) is 1. The maximum absolute atomic E-state index is 11.6. The molecular weight excluding hydrogens is 294 g/mol. The quantitative estimate of drug-likeness (QED) is 0.897. The van der Waals surface area contributed by atoms with Gasteiger partial charge in [-0.3, -0.25) is 9.59 Å². The van der Waals surface area contributed by atoms with Gasteiger partial charge in [0.15, 0.2) is 0 Å². The maximum atomic E-state index is 11.6. The molecule has 6 heteroatoms. The van der Waals surface area contributed by atoms with E-state index in [0.29, 0.717) is 5.56 Å². The Morgan fingerprint density at radius 1 is 1.56 bits per heavy atom. The lowest BCUT2D eigenvalue weighted by molar-refractivity contribution is -0.146. The Bertz CT molecular complexity index is 414. The van der Waals surface area contributed by atoms with E-state index in [-0.39, 0.29) is 12.5 Å². The highest BCUT2D eigenvalue weighted by Gasteiger charge is 2.27. The summed E-state index contributed by atoms with van der Waals surface area (Å²) in [6, 6.07) is 1.70. The van der Waals surface area contributed by atoms with E-state index in [0.717, 1.165) is 3.79 Å². The number of thiophene rings is 1. The van der Waals surface area contributed by atoms with Crippen molar-refractivity contribution in [2.75, 3.05) is 6.54 Å². The molecule has 88 valence electrons. The van der Waals surface area contributed by atoms with E-state index in [9.17, 15) is 9.59 Å². The Balaban J connectivity index is 2.57. The van der Waals surface area contributed by atoms with Gasteiger partial charge in [0.25, 0.3) is 5.91 Å². The average molecular weight is 306 g/mol. The predicted molar refractivity (Wildman–Crippen MR) is 65.8 cm³/mol. The zero-order valence-corrected chi connectivity index (χ0v) is 11.3. The van der Waals surface area contributed by atoms with Crippen LogP contribution in [0.2, 0.25) is 0 Å². The maximum Gasteiger partial charge on any atom is 0.310 e. The van der Waals surface area contributed by atoms with Crippen molar-refractivity contribution in [1.82, 2.24) is 5.32 Å². The molecule has 4 nitrogen and oxygen atoms in total. The summed E-state index contributed by atoms with van der Waals surface area (Å²) >= 11 is 4.67.